The van der Waals surface area contributed by atoms with Crippen LogP contribution in [-0.4, -0.2) is 0 Å². The van der Waals surface area contributed by atoms with Gasteiger partial charge in [0.25, 0.3) is 0 Å². The molecule has 2 rings (SSSR count). The molecule has 0 aliphatic carbocycles. The third-order valence-corrected chi connectivity index (χ3v) is 2.72. The Kier molecular flexibility index (Phi) is 2.82. The van der Waals surface area contributed by atoms with E-state index in [2.05, 4.69) is 22.6 Å². The summed E-state index contributed by atoms with van der Waals surface area (Å²) in [5.74, 6) is -0.193. The van der Waals surface area contributed by atoms with E-state index in [-0.39, 0.29) is 5.82 Å². The lowest BCUT2D eigenvalue weighted by atomic mass is 10.1. The van der Waals surface area contributed by atoms with Crippen molar-refractivity contribution in [2.24, 2.45) is 0 Å². The van der Waals surface area contributed by atoms with Crippen molar-refractivity contribution in [2.75, 3.05) is 0 Å². The Morgan fingerprint density at radius 2 is 1.57 bits per heavy atom. The average Bonchev–Trinajstić information content (AvgIpc) is 2.19. The molecule has 2 aromatic rings. The number of rotatable bonds is 1. The number of hydrogen-bond acceptors (Lipinski definition) is 0. The minimum absolute atomic E-state index is 0.193. The fourth-order valence-corrected chi connectivity index (χ4v) is 1.67. The third kappa shape index (κ3) is 2.12. The van der Waals surface area contributed by atoms with E-state index in [1.165, 1.54) is 9.64 Å². The first-order valence-electron chi connectivity index (χ1n) is 4.27. The molecule has 0 spiro atoms. The van der Waals surface area contributed by atoms with Crippen LogP contribution in [0.25, 0.3) is 11.1 Å². The van der Waals surface area contributed by atoms with Crippen molar-refractivity contribution in [3.05, 3.63) is 57.9 Å². The lowest BCUT2D eigenvalue weighted by molar-refractivity contribution is 0.628. The van der Waals surface area contributed by atoms with Gasteiger partial charge in [0.2, 0.25) is 0 Å². The van der Waals surface area contributed by atoms with Crippen LogP contribution in [0.1, 0.15) is 0 Å². The first-order valence-corrected chi connectivity index (χ1v) is 5.35. The van der Waals surface area contributed by atoms with Gasteiger partial charge in [-0.05, 0) is 58.0 Å². The standard InChI is InChI=1S/C12H8FI/c13-11-3-1-2-10(8-11)9-4-6-12(14)7-5-9/h1-8H. The zero-order chi connectivity index (χ0) is 9.97. The summed E-state index contributed by atoms with van der Waals surface area (Å²) in [5.41, 5.74) is 1.96. The predicted octanol–water partition coefficient (Wildman–Crippen LogP) is 4.10. The molecule has 2 heteroatoms. The summed E-state index contributed by atoms with van der Waals surface area (Å²) in [6.07, 6.45) is 0. The third-order valence-electron chi connectivity index (χ3n) is 2.00. The molecule has 0 amide bonds. The number of halogens is 2. The maximum Gasteiger partial charge on any atom is 0.123 e. The Labute approximate surface area is 95.9 Å². The van der Waals surface area contributed by atoms with E-state index in [0.717, 1.165) is 11.1 Å². The molecule has 0 unspecified atom stereocenters. The maximum atomic E-state index is 12.9. The molecule has 0 aliphatic heterocycles. The normalized spacial score (nSPS) is 10.1. The molecule has 0 bridgehead atoms. The fraction of sp³-hybridized carbons (Fsp3) is 0. The van der Waals surface area contributed by atoms with Crippen LogP contribution in [0.5, 0.6) is 0 Å². The SMILES string of the molecule is Fc1cccc(-c2ccc(I)cc2)c1. The molecule has 14 heavy (non-hydrogen) atoms. The lowest BCUT2D eigenvalue weighted by Crippen LogP contribution is -1.79. The molecule has 0 aromatic heterocycles. The van der Waals surface area contributed by atoms with Crippen molar-refractivity contribution in [2.45, 2.75) is 0 Å². The smallest absolute Gasteiger partial charge is 0.123 e. The topological polar surface area (TPSA) is 0 Å². The van der Waals surface area contributed by atoms with Crippen LogP contribution in [0, 0.1) is 9.39 Å². The van der Waals surface area contributed by atoms with Crippen molar-refractivity contribution in [1.29, 1.82) is 0 Å². The summed E-state index contributed by atoms with van der Waals surface area (Å²) in [6, 6.07) is 14.7. The van der Waals surface area contributed by atoms with Crippen LogP contribution in [0.2, 0.25) is 0 Å². The van der Waals surface area contributed by atoms with Crippen LogP contribution in [0.15, 0.2) is 48.5 Å². The van der Waals surface area contributed by atoms with Gasteiger partial charge in [-0.2, -0.15) is 0 Å². The van der Waals surface area contributed by atoms with Gasteiger partial charge in [0.1, 0.15) is 5.82 Å². The number of hydrogen-bond donors (Lipinski definition) is 0. The van der Waals surface area contributed by atoms with E-state index >= 15 is 0 Å². The Morgan fingerprint density at radius 3 is 2.21 bits per heavy atom. The van der Waals surface area contributed by atoms with E-state index < -0.39 is 0 Å². The second kappa shape index (κ2) is 4.09. The highest BCUT2D eigenvalue weighted by Gasteiger charge is 1.98. The minimum Gasteiger partial charge on any atom is -0.207 e. The lowest BCUT2D eigenvalue weighted by Gasteiger charge is -2.01. The van der Waals surface area contributed by atoms with Crippen molar-refractivity contribution >= 4 is 22.6 Å². The van der Waals surface area contributed by atoms with Crippen molar-refractivity contribution < 1.29 is 4.39 Å². The van der Waals surface area contributed by atoms with Gasteiger partial charge in [0.15, 0.2) is 0 Å². The summed E-state index contributed by atoms with van der Waals surface area (Å²) in [6.45, 7) is 0. The van der Waals surface area contributed by atoms with E-state index in [1.54, 1.807) is 12.1 Å². The van der Waals surface area contributed by atoms with Crippen LogP contribution in [-0.2, 0) is 0 Å². The molecule has 0 fully saturated rings. The first kappa shape index (κ1) is 9.65. The molecular weight excluding hydrogens is 290 g/mol. The quantitative estimate of drug-likeness (QED) is 0.695. The molecule has 0 aliphatic rings. The van der Waals surface area contributed by atoms with Gasteiger partial charge >= 0.3 is 0 Å². The highest BCUT2D eigenvalue weighted by atomic mass is 127. The molecule has 0 atom stereocenters. The Hall–Kier alpha value is -0.900. The van der Waals surface area contributed by atoms with Crippen LogP contribution < -0.4 is 0 Å². The van der Waals surface area contributed by atoms with Crippen molar-refractivity contribution in [1.82, 2.24) is 0 Å². The summed E-state index contributed by atoms with van der Waals surface area (Å²) in [5, 5.41) is 0. The predicted molar refractivity (Wildman–Crippen MR) is 64.6 cm³/mol. The highest BCUT2D eigenvalue weighted by Crippen LogP contribution is 2.20. The van der Waals surface area contributed by atoms with E-state index in [0.29, 0.717) is 0 Å². The van der Waals surface area contributed by atoms with Gasteiger partial charge in [0, 0.05) is 3.57 Å². The van der Waals surface area contributed by atoms with Crippen LogP contribution >= 0.6 is 22.6 Å². The van der Waals surface area contributed by atoms with Gasteiger partial charge in [-0.15, -0.1) is 0 Å². The number of benzene rings is 2. The molecule has 0 saturated heterocycles. The molecule has 0 nitrogen and oxygen atoms in total. The molecular formula is C12H8FI. The van der Waals surface area contributed by atoms with Gasteiger partial charge in [0.05, 0.1) is 0 Å². The Bertz CT molecular complexity index is 434. The van der Waals surface area contributed by atoms with Crippen LogP contribution in [0.3, 0.4) is 0 Å². The fourth-order valence-electron chi connectivity index (χ4n) is 1.31. The van der Waals surface area contributed by atoms with Gasteiger partial charge in [-0.1, -0.05) is 24.3 Å². The maximum absolute atomic E-state index is 12.9. The second-order valence-corrected chi connectivity index (χ2v) is 4.26. The molecule has 0 N–H and O–H groups in total. The summed E-state index contributed by atoms with van der Waals surface area (Å²) < 4.78 is 14.1. The summed E-state index contributed by atoms with van der Waals surface area (Å²) in [7, 11) is 0. The average molecular weight is 298 g/mol. The van der Waals surface area contributed by atoms with Gasteiger partial charge in [-0.3, -0.25) is 0 Å². The Balaban J connectivity index is 2.44. The van der Waals surface area contributed by atoms with E-state index in [4.69, 9.17) is 0 Å². The van der Waals surface area contributed by atoms with Crippen molar-refractivity contribution in [3.8, 4) is 11.1 Å². The summed E-state index contributed by atoms with van der Waals surface area (Å²) >= 11 is 2.25. The monoisotopic (exact) mass is 298 g/mol. The van der Waals surface area contributed by atoms with Gasteiger partial charge in [-0.25, -0.2) is 4.39 Å². The Morgan fingerprint density at radius 1 is 0.857 bits per heavy atom. The molecule has 70 valence electrons. The molecule has 0 saturated carbocycles. The highest BCUT2D eigenvalue weighted by molar-refractivity contribution is 14.1. The second-order valence-electron chi connectivity index (χ2n) is 3.02. The zero-order valence-electron chi connectivity index (χ0n) is 7.37. The largest absolute Gasteiger partial charge is 0.207 e. The molecule has 0 heterocycles. The zero-order valence-corrected chi connectivity index (χ0v) is 9.53. The molecule has 0 radical (unpaired) electrons. The van der Waals surface area contributed by atoms with Crippen molar-refractivity contribution in [3.63, 3.8) is 0 Å². The van der Waals surface area contributed by atoms with E-state index in [1.807, 2.05) is 30.3 Å². The van der Waals surface area contributed by atoms with Gasteiger partial charge < -0.3 is 0 Å². The van der Waals surface area contributed by atoms with E-state index in [9.17, 15) is 4.39 Å². The molecule has 2 aromatic carbocycles. The summed E-state index contributed by atoms with van der Waals surface area (Å²) in [4.78, 5) is 0. The van der Waals surface area contributed by atoms with Crippen LogP contribution in [0.4, 0.5) is 4.39 Å². The first-order chi connectivity index (χ1) is 6.75. The minimum atomic E-state index is -0.193.